The molecule has 1 atom stereocenters. The lowest BCUT2D eigenvalue weighted by atomic mass is 9.98. The van der Waals surface area contributed by atoms with Crippen LogP contribution in [0.4, 0.5) is 18.9 Å². The normalized spacial score (nSPS) is 12.2. The molecule has 0 aliphatic carbocycles. The highest BCUT2D eigenvalue weighted by Crippen LogP contribution is 2.39. The van der Waals surface area contributed by atoms with Gasteiger partial charge in [0.1, 0.15) is 11.9 Å². The standard InChI is InChI=1S/C28H32N4O6S4.C2HF3O2/c1-15-8-6-11-19(32-22(34)14-40-28(3,4)24(26(35)36)31-16(2)33)23(15)17-9-7-10-18(12-17)42(37,38)21-13-20(25(29)30)41-27(21)39-5;3-2(4,5)1(6)7/h6-13,24H,14H2,1-5H3,(H3,29,30)(H,31,33)(H,32,34)(H,35,36);(H,6,7). The van der Waals surface area contributed by atoms with Gasteiger partial charge >= 0.3 is 18.1 Å². The van der Waals surface area contributed by atoms with Crippen LogP contribution >= 0.6 is 34.9 Å². The molecular weight excluding hydrogens is 730 g/mol. The molecule has 0 fully saturated rings. The number of alkyl halides is 3. The first-order valence-electron chi connectivity index (χ1n) is 13.7. The Kier molecular flexibility index (Phi) is 13.9. The van der Waals surface area contributed by atoms with Crippen LogP contribution in [0.1, 0.15) is 31.2 Å². The van der Waals surface area contributed by atoms with E-state index in [1.54, 1.807) is 50.4 Å². The molecule has 1 aromatic heterocycles. The number of sulfone groups is 1. The summed E-state index contributed by atoms with van der Waals surface area (Å²) < 4.78 is 58.6. The van der Waals surface area contributed by atoms with E-state index in [1.165, 1.54) is 30.8 Å². The Hall–Kier alpha value is -4.07. The first-order valence-corrected chi connectivity index (χ1v) is 18.2. The number of carbonyl (C=O) groups excluding carboxylic acids is 2. The van der Waals surface area contributed by atoms with Gasteiger partial charge in [0.05, 0.1) is 24.6 Å². The van der Waals surface area contributed by atoms with Crippen LogP contribution in [0.5, 0.6) is 0 Å². The van der Waals surface area contributed by atoms with E-state index in [2.05, 4.69) is 10.6 Å². The molecule has 0 aliphatic rings. The molecule has 0 radical (unpaired) electrons. The second-order valence-corrected chi connectivity index (χ2v) is 16.3. The maximum Gasteiger partial charge on any atom is 0.490 e. The van der Waals surface area contributed by atoms with Gasteiger partial charge in [-0.15, -0.1) is 34.9 Å². The Balaban J connectivity index is 0.00000107. The first-order chi connectivity index (χ1) is 22.5. The Labute approximate surface area is 292 Å². The molecule has 266 valence electrons. The van der Waals surface area contributed by atoms with Crippen LogP contribution in [0, 0.1) is 12.3 Å². The molecule has 2 aromatic carbocycles. The summed E-state index contributed by atoms with van der Waals surface area (Å²) in [6.45, 7) is 6.35. The molecule has 0 aliphatic heterocycles. The van der Waals surface area contributed by atoms with Crippen molar-refractivity contribution < 1.29 is 51.0 Å². The van der Waals surface area contributed by atoms with Crippen molar-refractivity contribution in [2.24, 2.45) is 5.73 Å². The van der Waals surface area contributed by atoms with E-state index in [1.807, 2.05) is 13.0 Å². The molecule has 0 saturated heterocycles. The zero-order valence-corrected chi connectivity index (χ0v) is 29.9. The fourth-order valence-corrected chi connectivity index (χ4v) is 8.98. The first kappa shape index (κ1) is 41.1. The van der Waals surface area contributed by atoms with Crippen molar-refractivity contribution in [3.63, 3.8) is 0 Å². The third-order valence-electron chi connectivity index (χ3n) is 6.49. The predicted molar refractivity (Wildman–Crippen MR) is 183 cm³/mol. The van der Waals surface area contributed by atoms with E-state index in [4.69, 9.17) is 21.0 Å². The molecule has 0 saturated carbocycles. The zero-order chi connectivity index (χ0) is 37.5. The number of nitrogens with one attached hydrogen (secondary N) is 3. The maximum absolute atomic E-state index is 13.7. The van der Waals surface area contributed by atoms with E-state index in [9.17, 15) is 41.1 Å². The number of aryl methyl sites for hydroxylation is 1. The van der Waals surface area contributed by atoms with Crippen molar-refractivity contribution in [3.05, 3.63) is 59.0 Å². The van der Waals surface area contributed by atoms with Crippen LogP contribution in [0.2, 0.25) is 0 Å². The van der Waals surface area contributed by atoms with Gasteiger partial charge in [0.25, 0.3) is 0 Å². The summed E-state index contributed by atoms with van der Waals surface area (Å²) in [6, 6.07) is 12.0. The largest absolute Gasteiger partial charge is 0.490 e. The highest BCUT2D eigenvalue weighted by atomic mass is 32.2. The molecular formula is C30H33F3N4O8S4. The number of hydrogen-bond acceptors (Lipinski definition) is 10. The highest BCUT2D eigenvalue weighted by molar-refractivity contribution is 8.01. The SMILES string of the molecule is CSc1sc(C(=N)N)cc1S(=O)(=O)c1cccc(-c2c(C)cccc2NC(=O)CSC(C)(C)C(NC(C)=O)C(=O)O)c1.O=C(O)C(F)(F)F. The van der Waals surface area contributed by atoms with Gasteiger partial charge in [-0.3, -0.25) is 15.0 Å². The quantitative estimate of drug-likeness (QED) is 0.0797. The minimum absolute atomic E-state index is 0.0544. The molecule has 3 aromatic rings. The van der Waals surface area contributed by atoms with E-state index in [0.29, 0.717) is 25.9 Å². The number of carboxylic acids is 2. The van der Waals surface area contributed by atoms with Gasteiger partial charge in [-0.05, 0) is 62.4 Å². The smallest absolute Gasteiger partial charge is 0.480 e. The van der Waals surface area contributed by atoms with Crippen molar-refractivity contribution in [3.8, 4) is 11.1 Å². The second-order valence-electron chi connectivity index (χ2n) is 10.6. The second kappa shape index (κ2) is 16.6. The lowest BCUT2D eigenvalue weighted by Crippen LogP contribution is -2.52. The number of thiophene rings is 1. The van der Waals surface area contributed by atoms with Gasteiger partial charge in [-0.25, -0.2) is 18.0 Å². The number of amides is 2. The van der Waals surface area contributed by atoms with Crippen molar-refractivity contribution in [1.82, 2.24) is 5.32 Å². The summed E-state index contributed by atoms with van der Waals surface area (Å²) in [5.41, 5.74) is 8.07. The maximum atomic E-state index is 13.7. The Bertz CT molecular complexity index is 1860. The van der Waals surface area contributed by atoms with Crippen LogP contribution in [0.15, 0.2) is 62.5 Å². The zero-order valence-electron chi connectivity index (χ0n) is 26.6. The van der Waals surface area contributed by atoms with Crippen LogP contribution in [-0.2, 0) is 29.0 Å². The van der Waals surface area contributed by atoms with Crippen molar-refractivity contribution in [1.29, 1.82) is 5.41 Å². The number of halogens is 3. The number of hydrogen-bond donors (Lipinski definition) is 6. The Morgan fingerprint density at radius 2 is 1.65 bits per heavy atom. The average molecular weight is 763 g/mol. The van der Waals surface area contributed by atoms with Crippen LogP contribution in [0.3, 0.4) is 0 Å². The molecule has 19 heteroatoms. The van der Waals surface area contributed by atoms with Crippen molar-refractivity contribution in [2.75, 3.05) is 17.3 Å². The number of thioether (sulfide) groups is 2. The van der Waals surface area contributed by atoms with Gasteiger partial charge < -0.3 is 26.6 Å². The number of carboxylic acid groups (broad SMARTS) is 2. The lowest BCUT2D eigenvalue weighted by Gasteiger charge is -2.31. The van der Waals surface area contributed by atoms with E-state index in [0.717, 1.165) is 28.7 Å². The summed E-state index contributed by atoms with van der Waals surface area (Å²) >= 11 is 3.50. The fourth-order valence-electron chi connectivity index (χ4n) is 4.18. The van der Waals surface area contributed by atoms with E-state index >= 15 is 0 Å². The lowest BCUT2D eigenvalue weighted by molar-refractivity contribution is -0.192. The van der Waals surface area contributed by atoms with Crippen molar-refractivity contribution >= 4 is 80.0 Å². The van der Waals surface area contributed by atoms with Gasteiger partial charge in [-0.2, -0.15) is 13.2 Å². The number of aliphatic carboxylic acids is 2. The van der Waals surface area contributed by atoms with Gasteiger partial charge in [0, 0.05) is 22.9 Å². The number of amidine groups is 1. The summed E-state index contributed by atoms with van der Waals surface area (Å²) in [5.74, 6) is -5.14. The van der Waals surface area contributed by atoms with Crippen LogP contribution < -0.4 is 16.4 Å². The average Bonchev–Trinajstić information content (AvgIpc) is 3.45. The third kappa shape index (κ3) is 11.0. The number of benzene rings is 2. The summed E-state index contributed by atoms with van der Waals surface area (Å²) in [7, 11) is -3.95. The molecule has 1 unspecified atom stereocenters. The minimum Gasteiger partial charge on any atom is -0.480 e. The van der Waals surface area contributed by atoms with Gasteiger partial charge in [-0.1, -0.05) is 24.3 Å². The van der Waals surface area contributed by atoms with Crippen LogP contribution in [0.25, 0.3) is 11.1 Å². The number of nitrogens with two attached hydrogens (primary N) is 1. The van der Waals surface area contributed by atoms with Crippen molar-refractivity contribution in [2.45, 2.75) is 58.7 Å². The highest BCUT2D eigenvalue weighted by Gasteiger charge is 2.38. The molecule has 3 rings (SSSR count). The van der Waals surface area contributed by atoms with E-state index < -0.39 is 50.6 Å². The number of carbonyl (C=O) groups is 4. The molecule has 7 N–H and O–H groups in total. The third-order valence-corrected chi connectivity index (χ3v) is 12.2. The molecule has 12 nitrogen and oxygen atoms in total. The summed E-state index contributed by atoms with van der Waals surface area (Å²) in [6.07, 6.45) is -3.32. The molecule has 1 heterocycles. The molecule has 2 amide bonds. The van der Waals surface area contributed by atoms with Gasteiger partial charge in [0.15, 0.2) is 0 Å². The van der Waals surface area contributed by atoms with Gasteiger partial charge in [0.2, 0.25) is 21.7 Å². The molecule has 0 bridgehead atoms. The predicted octanol–water partition coefficient (Wildman–Crippen LogP) is 5.24. The number of nitrogen functional groups attached to an aromatic ring is 1. The topological polar surface area (TPSA) is 217 Å². The summed E-state index contributed by atoms with van der Waals surface area (Å²) in [5, 5.41) is 29.7. The van der Waals surface area contributed by atoms with Crippen LogP contribution in [-0.4, -0.2) is 77.2 Å². The Morgan fingerprint density at radius 1 is 1.06 bits per heavy atom. The number of anilines is 1. The van der Waals surface area contributed by atoms with E-state index in [-0.39, 0.29) is 21.4 Å². The number of rotatable bonds is 12. The minimum atomic E-state index is -5.08. The summed E-state index contributed by atoms with van der Waals surface area (Å²) in [4.78, 5) is 45.6. The molecule has 0 spiro atoms. The molecule has 49 heavy (non-hydrogen) atoms. The fraction of sp³-hybridized carbons (Fsp3) is 0.300. The monoisotopic (exact) mass is 762 g/mol. The Morgan fingerprint density at radius 3 is 2.16 bits per heavy atom.